The maximum atomic E-state index is 13.7. The van der Waals surface area contributed by atoms with Crippen molar-refractivity contribution < 1.29 is 18.8 Å². The van der Waals surface area contributed by atoms with Crippen molar-refractivity contribution in [1.82, 2.24) is 24.7 Å². The van der Waals surface area contributed by atoms with Crippen molar-refractivity contribution in [3.8, 4) is 0 Å². The normalized spacial score (nSPS) is 18.4. The Balaban J connectivity index is 1.57. The van der Waals surface area contributed by atoms with Crippen LogP contribution in [0.25, 0.3) is 11.0 Å². The first-order valence-corrected chi connectivity index (χ1v) is 12.2. The fourth-order valence-electron chi connectivity index (χ4n) is 4.66. The number of aryl methyl sites for hydroxylation is 1. The van der Waals surface area contributed by atoms with Crippen LogP contribution in [-0.4, -0.2) is 81.0 Å². The Morgan fingerprint density at radius 1 is 1.11 bits per heavy atom. The van der Waals surface area contributed by atoms with Gasteiger partial charge in [-0.3, -0.25) is 19.3 Å². The Morgan fingerprint density at radius 2 is 1.81 bits per heavy atom. The third-order valence-electron chi connectivity index (χ3n) is 7.02. The van der Waals surface area contributed by atoms with Gasteiger partial charge in [0, 0.05) is 56.9 Å². The second kappa shape index (κ2) is 10.2. The van der Waals surface area contributed by atoms with Gasteiger partial charge in [-0.25, -0.2) is 9.37 Å². The molecule has 190 valence electrons. The number of likely N-dealkylation sites (N-methyl/N-ethyl adjacent to an activating group) is 1. The van der Waals surface area contributed by atoms with Crippen LogP contribution in [-0.2, 0) is 11.3 Å². The highest BCUT2D eigenvalue weighted by Crippen LogP contribution is 2.25. The fraction of sp³-hybridized carbons (Fsp3) is 0.407. The zero-order valence-electron chi connectivity index (χ0n) is 21.3. The van der Waals surface area contributed by atoms with Gasteiger partial charge in [-0.1, -0.05) is 12.1 Å². The van der Waals surface area contributed by atoms with Gasteiger partial charge in [-0.05, 0) is 51.5 Å². The van der Waals surface area contributed by atoms with Crippen molar-refractivity contribution in [2.45, 2.75) is 46.3 Å². The number of pyridine rings is 1. The first kappa shape index (κ1) is 25.5. The molecule has 36 heavy (non-hydrogen) atoms. The number of piperazine rings is 1. The van der Waals surface area contributed by atoms with Crippen molar-refractivity contribution in [2.24, 2.45) is 0 Å². The summed E-state index contributed by atoms with van der Waals surface area (Å²) in [5.41, 5.74) is 2.67. The van der Waals surface area contributed by atoms with Crippen LogP contribution in [0.1, 0.15) is 52.7 Å². The summed E-state index contributed by atoms with van der Waals surface area (Å²) in [6.07, 6.45) is 1.48. The van der Waals surface area contributed by atoms with Crippen LogP contribution in [0.5, 0.6) is 0 Å². The highest BCUT2D eigenvalue weighted by molar-refractivity contribution is 6.44. The molecule has 9 heteroatoms. The Morgan fingerprint density at radius 3 is 2.47 bits per heavy atom. The zero-order valence-corrected chi connectivity index (χ0v) is 21.3. The van der Waals surface area contributed by atoms with E-state index in [1.807, 2.05) is 11.8 Å². The van der Waals surface area contributed by atoms with Gasteiger partial charge >= 0.3 is 0 Å². The molecular weight excluding hydrogens is 461 g/mol. The molecule has 0 saturated carbocycles. The van der Waals surface area contributed by atoms with Crippen LogP contribution < -0.4 is 0 Å². The smallest absolute Gasteiger partial charge is 0.294 e. The van der Waals surface area contributed by atoms with Gasteiger partial charge in [0.1, 0.15) is 11.5 Å². The molecule has 0 aliphatic carbocycles. The molecular formula is C27H32FN5O3. The molecule has 2 amide bonds. The summed E-state index contributed by atoms with van der Waals surface area (Å²) in [4.78, 5) is 51.9. The molecule has 1 aromatic carbocycles. The van der Waals surface area contributed by atoms with Crippen molar-refractivity contribution in [3.63, 3.8) is 0 Å². The van der Waals surface area contributed by atoms with Crippen LogP contribution in [0.2, 0.25) is 0 Å². The zero-order chi connectivity index (χ0) is 26.1. The minimum atomic E-state index is -0.633. The molecule has 0 unspecified atom stereocenters. The molecule has 0 radical (unpaired) electrons. The quantitative estimate of drug-likeness (QED) is 0.420. The standard InChI is InChI=1S/C27H32FN5O3/c1-6-31(5)27(36)24(34)23-12-29-25-22(23)11-21(18(4)30-25)26(35)33-14-16(2)32(13-17(33)3)15-19-7-9-20(28)10-8-19/h7-12,16-17H,6,13-15H2,1-5H3,(H,29,30)/t16-,17+/m0/s1. The number of nitrogens with zero attached hydrogens (tertiary/aromatic N) is 4. The third kappa shape index (κ3) is 4.88. The van der Waals surface area contributed by atoms with E-state index in [9.17, 15) is 18.8 Å². The summed E-state index contributed by atoms with van der Waals surface area (Å²) in [6, 6.07) is 8.20. The van der Waals surface area contributed by atoms with Gasteiger partial charge in [-0.15, -0.1) is 0 Å². The fourth-order valence-corrected chi connectivity index (χ4v) is 4.66. The summed E-state index contributed by atoms with van der Waals surface area (Å²) in [6.45, 7) is 9.93. The molecule has 3 aromatic rings. The number of Topliss-reactive ketones (excluding diaryl/α,β-unsaturated/α-hetero) is 1. The minimum Gasteiger partial charge on any atom is -0.345 e. The first-order valence-electron chi connectivity index (χ1n) is 12.2. The number of carbonyl (C=O) groups excluding carboxylic acids is 3. The van der Waals surface area contributed by atoms with Gasteiger partial charge in [0.05, 0.1) is 16.8 Å². The number of hydrogen-bond acceptors (Lipinski definition) is 5. The maximum Gasteiger partial charge on any atom is 0.294 e. The Hall–Kier alpha value is -3.59. The monoisotopic (exact) mass is 493 g/mol. The molecule has 3 heterocycles. The van der Waals surface area contributed by atoms with Gasteiger partial charge in [0.15, 0.2) is 0 Å². The van der Waals surface area contributed by atoms with Crippen molar-refractivity contribution in [2.75, 3.05) is 26.7 Å². The van der Waals surface area contributed by atoms with Gasteiger partial charge < -0.3 is 14.8 Å². The predicted molar refractivity (Wildman–Crippen MR) is 135 cm³/mol. The lowest BCUT2D eigenvalue weighted by Gasteiger charge is -2.44. The van der Waals surface area contributed by atoms with E-state index in [1.54, 1.807) is 39.1 Å². The molecule has 1 saturated heterocycles. The number of carbonyl (C=O) groups is 3. The topological polar surface area (TPSA) is 89.6 Å². The number of fused-ring (bicyclic) bond motifs is 1. The molecule has 1 N–H and O–H groups in total. The number of aromatic nitrogens is 2. The van der Waals surface area contributed by atoms with Crippen molar-refractivity contribution >= 4 is 28.6 Å². The molecule has 1 aliphatic heterocycles. The lowest BCUT2D eigenvalue weighted by atomic mass is 10.0. The number of benzene rings is 1. The minimum absolute atomic E-state index is 0.0589. The van der Waals surface area contributed by atoms with Crippen LogP contribution in [0.3, 0.4) is 0 Å². The molecule has 1 aliphatic rings. The SMILES string of the molecule is CCN(C)C(=O)C(=O)c1c[nH]c2nc(C)c(C(=O)N3C[C@H](C)N(Cc4ccc(F)cc4)C[C@H]3C)cc12. The Kier molecular flexibility index (Phi) is 7.21. The molecule has 0 bridgehead atoms. The predicted octanol–water partition coefficient (Wildman–Crippen LogP) is 3.41. The van der Waals surface area contributed by atoms with E-state index in [2.05, 4.69) is 21.8 Å². The first-order chi connectivity index (χ1) is 17.1. The number of aromatic amines is 1. The van der Waals surface area contributed by atoms with E-state index in [-0.39, 0.29) is 29.4 Å². The van der Waals surface area contributed by atoms with E-state index >= 15 is 0 Å². The van der Waals surface area contributed by atoms with E-state index < -0.39 is 11.7 Å². The van der Waals surface area contributed by atoms with Crippen LogP contribution >= 0.6 is 0 Å². The lowest BCUT2D eigenvalue weighted by molar-refractivity contribution is -0.125. The number of H-pyrrole nitrogens is 1. The number of ketones is 1. The van der Waals surface area contributed by atoms with Gasteiger partial charge in [-0.2, -0.15) is 0 Å². The van der Waals surface area contributed by atoms with Crippen LogP contribution in [0, 0.1) is 12.7 Å². The number of hydrogen-bond donors (Lipinski definition) is 1. The summed E-state index contributed by atoms with van der Waals surface area (Å²) in [7, 11) is 1.57. The van der Waals surface area contributed by atoms with Crippen LogP contribution in [0.4, 0.5) is 4.39 Å². The summed E-state index contributed by atoms with van der Waals surface area (Å²) < 4.78 is 13.3. The van der Waals surface area contributed by atoms with Crippen LogP contribution in [0.15, 0.2) is 36.5 Å². The average molecular weight is 494 g/mol. The summed E-state index contributed by atoms with van der Waals surface area (Å²) >= 11 is 0. The number of rotatable bonds is 6. The van der Waals surface area contributed by atoms with E-state index in [0.717, 1.165) is 5.56 Å². The van der Waals surface area contributed by atoms with Gasteiger partial charge in [0.2, 0.25) is 0 Å². The molecule has 2 atom stereocenters. The van der Waals surface area contributed by atoms with E-state index in [4.69, 9.17) is 0 Å². The number of amides is 2. The lowest BCUT2D eigenvalue weighted by Crippen LogP contribution is -2.57. The Labute approximate surface area is 210 Å². The molecule has 2 aromatic heterocycles. The Bertz CT molecular complexity index is 1300. The summed E-state index contributed by atoms with van der Waals surface area (Å²) in [5, 5.41) is 0.461. The second-order valence-electron chi connectivity index (χ2n) is 9.58. The average Bonchev–Trinajstić information content (AvgIpc) is 3.27. The summed E-state index contributed by atoms with van der Waals surface area (Å²) in [5.74, 6) is -1.65. The number of nitrogens with one attached hydrogen (secondary N) is 1. The second-order valence-corrected chi connectivity index (χ2v) is 9.58. The highest BCUT2D eigenvalue weighted by Gasteiger charge is 2.33. The molecule has 4 rings (SSSR count). The third-order valence-corrected chi connectivity index (χ3v) is 7.02. The van der Waals surface area contributed by atoms with E-state index in [0.29, 0.717) is 48.5 Å². The van der Waals surface area contributed by atoms with Crippen molar-refractivity contribution in [1.29, 1.82) is 0 Å². The molecule has 0 spiro atoms. The van der Waals surface area contributed by atoms with E-state index in [1.165, 1.54) is 23.2 Å². The molecule has 1 fully saturated rings. The van der Waals surface area contributed by atoms with Gasteiger partial charge in [0.25, 0.3) is 17.6 Å². The maximum absolute atomic E-state index is 13.7. The number of halogens is 1. The highest BCUT2D eigenvalue weighted by atomic mass is 19.1. The largest absolute Gasteiger partial charge is 0.345 e. The molecule has 8 nitrogen and oxygen atoms in total. The van der Waals surface area contributed by atoms with Crippen molar-refractivity contribution in [3.05, 3.63) is 64.7 Å².